The number of carbonyl (C=O) groups excluding carboxylic acids is 1. The van der Waals surface area contributed by atoms with E-state index in [0.717, 1.165) is 73.0 Å². The Balaban J connectivity index is 1.32. The highest BCUT2D eigenvalue weighted by atomic mass is 32.1. The monoisotopic (exact) mass is 553 g/mol. The number of esters is 1. The number of carbonyl (C=O) groups is 1. The zero-order valence-electron chi connectivity index (χ0n) is 22.3. The van der Waals surface area contributed by atoms with Gasteiger partial charge in [-0.25, -0.2) is 13.6 Å². The molecule has 0 spiro atoms. The first kappa shape index (κ1) is 27.3. The standard InChI is InChI=1S/C30H33F2N3O3S/c1-3-4-5-25(30(37)38-2)35-27-16-20(6-7-22(27)24(32)19-29(35)36)8-10-33-11-13-34(14-12-33)26-17-21(31)18-28-23(26)9-15-39-28/h6-7,9,15-19,25H,3-5,8,10-14H2,1-2H3. The summed E-state index contributed by atoms with van der Waals surface area (Å²) in [5.41, 5.74) is 1.79. The third-order valence-electron chi connectivity index (χ3n) is 7.63. The first-order valence-electron chi connectivity index (χ1n) is 13.4. The third kappa shape index (κ3) is 5.70. The van der Waals surface area contributed by atoms with Crippen LogP contribution in [-0.2, 0) is 16.0 Å². The Kier molecular flexibility index (Phi) is 8.28. The number of hydrogen-bond acceptors (Lipinski definition) is 6. The Bertz CT molecular complexity index is 1540. The number of unbranched alkanes of at least 4 members (excludes halogenated alkanes) is 1. The highest BCUT2D eigenvalue weighted by Gasteiger charge is 2.25. The van der Waals surface area contributed by atoms with Crippen molar-refractivity contribution in [2.24, 2.45) is 0 Å². The number of benzene rings is 2. The van der Waals surface area contributed by atoms with Crippen molar-refractivity contribution < 1.29 is 18.3 Å². The summed E-state index contributed by atoms with van der Waals surface area (Å²) < 4.78 is 36.3. The fourth-order valence-electron chi connectivity index (χ4n) is 5.50. The van der Waals surface area contributed by atoms with Crippen LogP contribution in [0.2, 0.25) is 0 Å². The average molecular weight is 554 g/mol. The first-order valence-corrected chi connectivity index (χ1v) is 14.3. The molecule has 1 aliphatic rings. The van der Waals surface area contributed by atoms with E-state index in [4.69, 9.17) is 4.74 Å². The van der Waals surface area contributed by atoms with Crippen LogP contribution in [0.15, 0.2) is 52.6 Å². The van der Waals surface area contributed by atoms with Gasteiger partial charge in [0.2, 0.25) is 0 Å². The molecule has 3 heterocycles. The molecular formula is C30H33F2N3O3S. The van der Waals surface area contributed by atoms with Gasteiger partial charge in [0.05, 0.1) is 12.6 Å². The molecular weight excluding hydrogens is 520 g/mol. The number of ether oxygens (including phenoxy) is 1. The molecule has 5 rings (SSSR count). The Labute approximate surface area is 230 Å². The summed E-state index contributed by atoms with van der Waals surface area (Å²) in [4.78, 5) is 30.1. The molecule has 0 amide bonds. The zero-order chi connectivity index (χ0) is 27.5. The lowest BCUT2D eigenvalue weighted by molar-refractivity contribution is -0.144. The second-order valence-corrected chi connectivity index (χ2v) is 11.0. The Morgan fingerprint density at radius 3 is 2.59 bits per heavy atom. The van der Waals surface area contributed by atoms with E-state index >= 15 is 0 Å². The number of nitrogens with zero attached hydrogens (tertiary/aromatic N) is 3. The van der Waals surface area contributed by atoms with Gasteiger partial charge in [0.25, 0.3) is 5.56 Å². The molecule has 39 heavy (non-hydrogen) atoms. The molecule has 0 aliphatic carbocycles. The van der Waals surface area contributed by atoms with Gasteiger partial charge in [-0.3, -0.25) is 14.3 Å². The van der Waals surface area contributed by atoms with Crippen LogP contribution in [0.3, 0.4) is 0 Å². The number of thiophene rings is 1. The molecule has 1 aliphatic heterocycles. The van der Waals surface area contributed by atoms with Crippen LogP contribution in [0.25, 0.3) is 21.0 Å². The molecule has 0 N–H and O–H groups in total. The van der Waals surface area contributed by atoms with E-state index in [9.17, 15) is 18.4 Å². The van der Waals surface area contributed by atoms with Crippen LogP contribution >= 0.6 is 11.3 Å². The van der Waals surface area contributed by atoms with E-state index in [0.29, 0.717) is 23.7 Å². The summed E-state index contributed by atoms with van der Waals surface area (Å²) >= 11 is 1.55. The van der Waals surface area contributed by atoms with Crippen molar-refractivity contribution in [3.05, 3.63) is 75.4 Å². The van der Waals surface area contributed by atoms with Gasteiger partial charge in [-0.15, -0.1) is 11.3 Å². The molecule has 1 unspecified atom stereocenters. The summed E-state index contributed by atoms with van der Waals surface area (Å²) in [5, 5.41) is 3.40. The summed E-state index contributed by atoms with van der Waals surface area (Å²) in [6, 6.07) is 10.8. The SMILES string of the molecule is CCCCC(C(=O)OC)n1c(=O)cc(F)c2ccc(CCN3CCN(c4cc(F)cc5sccc45)CC3)cc21. The number of piperazine rings is 1. The van der Waals surface area contributed by atoms with Crippen molar-refractivity contribution in [1.29, 1.82) is 0 Å². The largest absolute Gasteiger partial charge is 0.467 e. The number of fused-ring (bicyclic) bond motifs is 2. The van der Waals surface area contributed by atoms with E-state index in [1.165, 1.54) is 11.7 Å². The lowest BCUT2D eigenvalue weighted by atomic mass is 10.0. The predicted octanol–water partition coefficient (Wildman–Crippen LogP) is 5.76. The number of rotatable bonds is 9. The molecule has 206 valence electrons. The summed E-state index contributed by atoms with van der Waals surface area (Å²) in [6.45, 7) is 6.10. The summed E-state index contributed by atoms with van der Waals surface area (Å²) in [6.07, 6.45) is 2.76. The molecule has 1 saturated heterocycles. The third-order valence-corrected chi connectivity index (χ3v) is 8.49. The van der Waals surface area contributed by atoms with Crippen molar-refractivity contribution >= 4 is 44.0 Å². The van der Waals surface area contributed by atoms with Crippen LogP contribution in [0.5, 0.6) is 0 Å². The topological polar surface area (TPSA) is 54.8 Å². The molecule has 1 atom stereocenters. The van der Waals surface area contributed by atoms with Crippen LogP contribution in [0.1, 0.15) is 37.8 Å². The Morgan fingerprint density at radius 1 is 1.05 bits per heavy atom. The molecule has 6 nitrogen and oxygen atoms in total. The van der Waals surface area contributed by atoms with Crippen molar-refractivity contribution in [3.8, 4) is 0 Å². The summed E-state index contributed by atoms with van der Waals surface area (Å²) in [5.74, 6) is -1.30. The van der Waals surface area contributed by atoms with Gasteiger partial charge in [0.15, 0.2) is 0 Å². The minimum atomic E-state index is -0.800. The zero-order valence-corrected chi connectivity index (χ0v) is 23.1. The van der Waals surface area contributed by atoms with E-state index in [1.807, 2.05) is 24.4 Å². The van der Waals surface area contributed by atoms with Gasteiger partial charge in [-0.1, -0.05) is 25.8 Å². The molecule has 9 heteroatoms. The predicted molar refractivity (Wildman–Crippen MR) is 153 cm³/mol. The van der Waals surface area contributed by atoms with E-state index in [2.05, 4.69) is 15.9 Å². The van der Waals surface area contributed by atoms with Gasteiger partial charge < -0.3 is 9.64 Å². The van der Waals surface area contributed by atoms with Crippen molar-refractivity contribution in [2.45, 2.75) is 38.6 Å². The summed E-state index contributed by atoms with van der Waals surface area (Å²) in [7, 11) is 1.31. The van der Waals surface area contributed by atoms with E-state index in [-0.39, 0.29) is 5.82 Å². The van der Waals surface area contributed by atoms with Crippen molar-refractivity contribution in [2.75, 3.05) is 44.7 Å². The molecule has 2 aromatic carbocycles. The molecule has 2 aromatic heterocycles. The fraction of sp³-hybridized carbons (Fsp3) is 0.400. The number of halogens is 2. The normalized spacial score (nSPS) is 15.2. The molecule has 0 radical (unpaired) electrons. The molecule has 4 aromatic rings. The second kappa shape index (κ2) is 11.8. The molecule has 1 fully saturated rings. The maximum absolute atomic E-state index is 14.7. The van der Waals surface area contributed by atoms with Gasteiger partial charge >= 0.3 is 5.97 Å². The van der Waals surface area contributed by atoms with Crippen LogP contribution in [-0.4, -0.2) is 55.3 Å². The molecule has 0 bridgehead atoms. The smallest absolute Gasteiger partial charge is 0.328 e. The number of methoxy groups -OCH3 is 1. The Hall–Kier alpha value is -3.30. The average Bonchev–Trinajstić information content (AvgIpc) is 3.41. The lowest BCUT2D eigenvalue weighted by Crippen LogP contribution is -2.47. The number of anilines is 1. The minimum absolute atomic E-state index is 0.210. The van der Waals surface area contributed by atoms with Crippen LogP contribution < -0.4 is 10.5 Å². The van der Waals surface area contributed by atoms with Gasteiger partial charge in [-0.2, -0.15) is 0 Å². The fourth-order valence-corrected chi connectivity index (χ4v) is 6.33. The number of pyridine rings is 1. The first-order chi connectivity index (χ1) is 18.9. The Morgan fingerprint density at radius 2 is 1.85 bits per heavy atom. The van der Waals surface area contributed by atoms with Crippen LogP contribution in [0, 0.1) is 11.6 Å². The van der Waals surface area contributed by atoms with Crippen molar-refractivity contribution in [1.82, 2.24) is 9.47 Å². The quantitative estimate of drug-likeness (QED) is 0.247. The van der Waals surface area contributed by atoms with Crippen LogP contribution in [0.4, 0.5) is 14.5 Å². The maximum Gasteiger partial charge on any atom is 0.328 e. The van der Waals surface area contributed by atoms with E-state index < -0.39 is 23.4 Å². The highest BCUT2D eigenvalue weighted by Crippen LogP contribution is 2.32. The van der Waals surface area contributed by atoms with Crippen molar-refractivity contribution in [3.63, 3.8) is 0 Å². The van der Waals surface area contributed by atoms with Gasteiger partial charge in [-0.05, 0) is 54.1 Å². The number of hydrogen-bond donors (Lipinski definition) is 0. The number of aromatic nitrogens is 1. The highest BCUT2D eigenvalue weighted by molar-refractivity contribution is 7.17. The maximum atomic E-state index is 14.7. The molecule has 0 saturated carbocycles. The minimum Gasteiger partial charge on any atom is -0.467 e. The van der Waals surface area contributed by atoms with Gasteiger partial charge in [0, 0.05) is 59.9 Å². The van der Waals surface area contributed by atoms with Gasteiger partial charge in [0.1, 0.15) is 17.7 Å². The van der Waals surface area contributed by atoms with E-state index in [1.54, 1.807) is 29.5 Å². The second-order valence-electron chi connectivity index (χ2n) is 10.1. The lowest BCUT2D eigenvalue weighted by Gasteiger charge is -2.36.